The number of likely N-dealkylation sites (N-methyl/N-ethyl adjacent to an activating group) is 2. The number of nitrogens with zero attached hydrogens (tertiary/aromatic N) is 2. The Morgan fingerprint density at radius 3 is 2.44 bits per heavy atom. The van der Waals surface area contributed by atoms with Crippen LogP contribution in [0.2, 0.25) is 0 Å². The van der Waals surface area contributed by atoms with E-state index in [1.54, 1.807) is 7.05 Å². The number of nitrogens with one attached hydrogen (secondary N) is 1. The van der Waals surface area contributed by atoms with Gasteiger partial charge >= 0.3 is 12.0 Å². The molecule has 0 aromatic heterocycles. The van der Waals surface area contributed by atoms with Gasteiger partial charge in [0.25, 0.3) is 0 Å². The molecular formula is C11H19N3O4. The fourth-order valence-electron chi connectivity index (χ4n) is 1.60. The number of amides is 3. The van der Waals surface area contributed by atoms with Gasteiger partial charge in [0, 0.05) is 20.6 Å². The van der Waals surface area contributed by atoms with Crippen molar-refractivity contribution in [2.24, 2.45) is 0 Å². The molecule has 0 radical (unpaired) electrons. The first-order valence-electron chi connectivity index (χ1n) is 5.70. The first-order chi connectivity index (χ1) is 8.17. The predicted octanol–water partition coefficient (Wildman–Crippen LogP) is -0.278. The van der Waals surface area contributed by atoms with Crippen molar-refractivity contribution in [3.05, 3.63) is 0 Å². The van der Waals surface area contributed by atoms with Gasteiger partial charge in [0.05, 0.1) is 0 Å². The fourth-order valence-corrected chi connectivity index (χ4v) is 1.60. The highest BCUT2D eigenvalue weighted by Crippen LogP contribution is 2.14. The number of hydrogen-bond donors (Lipinski definition) is 2. The first-order valence-corrected chi connectivity index (χ1v) is 5.70. The lowest BCUT2D eigenvalue weighted by Gasteiger charge is -2.32. The first kappa shape index (κ1) is 14.3. The van der Waals surface area contributed by atoms with Crippen LogP contribution in [0.4, 0.5) is 4.79 Å². The third-order valence-corrected chi connectivity index (χ3v) is 3.39. The molecule has 0 bridgehead atoms. The molecule has 3 amide bonds. The lowest BCUT2D eigenvalue weighted by atomic mass is 10.0. The molecule has 1 unspecified atom stereocenters. The topological polar surface area (TPSA) is 90.0 Å². The highest BCUT2D eigenvalue weighted by Gasteiger charge is 2.38. The van der Waals surface area contributed by atoms with Crippen LogP contribution in [0.5, 0.6) is 0 Å². The minimum absolute atomic E-state index is 0.148. The largest absolute Gasteiger partial charge is 0.480 e. The molecule has 0 spiro atoms. The van der Waals surface area contributed by atoms with Gasteiger partial charge in [-0.2, -0.15) is 0 Å². The second-order valence-electron chi connectivity index (χ2n) is 4.97. The van der Waals surface area contributed by atoms with E-state index in [-0.39, 0.29) is 5.91 Å². The Morgan fingerprint density at radius 1 is 1.50 bits per heavy atom. The molecule has 1 saturated heterocycles. The minimum atomic E-state index is -1.32. The number of aliphatic carboxylic acids is 1. The molecule has 7 heteroatoms. The fraction of sp³-hybridized carbons (Fsp3) is 0.727. The number of carboxylic acid groups (broad SMARTS) is 1. The van der Waals surface area contributed by atoms with Crippen LogP contribution in [0.25, 0.3) is 0 Å². The van der Waals surface area contributed by atoms with Crippen molar-refractivity contribution < 1.29 is 19.5 Å². The maximum absolute atomic E-state index is 11.9. The molecule has 0 aromatic rings. The SMILES string of the molecule is CN1CCC(NC(=O)N(C)C(C)(C)C(=O)O)C1=O. The van der Waals surface area contributed by atoms with Crippen molar-refractivity contribution in [2.45, 2.75) is 31.8 Å². The van der Waals surface area contributed by atoms with E-state index in [4.69, 9.17) is 5.11 Å². The van der Waals surface area contributed by atoms with E-state index in [0.29, 0.717) is 13.0 Å². The summed E-state index contributed by atoms with van der Waals surface area (Å²) in [4.78, 5) is 37.1. The van der Waals surface area contributed by atoms with E-state index in [9.17, 15) is 14.4 Å². The number of hydrogen-bond acceptors (Lipinski definition) is 3. The molecule has 0 saturated carbocycles. The number of carbonyl (C=O) groups is 3. The molecule has 1 atom stereocenters. The third kappa shape index (κ3) is 2.55. The molecule has 7 nitrogen and oxygen atoms in total. The third-order valence-electron chi connectivity index (χ3n) is 3.39. The van der Waals surface area contributed by atoms with Crippen LogP contribution in [-0.4, -0.2) is 65.0 Å². The maximum atomic E-state index is 11.9. The monoisotopic (exact) mass is 257 g/mol. The van der Waals surface area contributed by atoms with Crippen LogP contribution in [-0.2, 0) is 9.59 Å². The number of likely N-dealkylation sites (tertiary alicyclic amines) is 1. The summed E-state index contributed by atoms with van der Waals surface area (Å²) in [5.74, 6) is -1.25. The molecular weight excluding hydrogens is 238 g/mol. The Bertz CT molecular complexity index is 380. The summed E-state index contributed by atoms with van der Waals surface area (Å²) >= 11 is 0. The maximum Gasteiger partial charge on any atom is 0.329 e. The zero-order chi connectivity index (χ0) is 14.1. The second-order valence-corrected chi connectivity index (χ2v) is 4.97. The van der Waals surface area contributed by atoms with Gasteiger partial charge in [-0.1, -0.05) is 0 Å². The van der Waals surface area contributed by atoms with Crippen LogP contribution >= 0.6 is 0 Å². The van der Waals surface area contributed by atoms with Crippen LogP contribution < -0.4 is 5.32 Å². The van der Waals surface area contributed by atoms with Gasteiger partial charge in [-0.05, 0) is 20.3 Å². The average Bonchev–Trinajstić information content (AvgIpc) is 2.59. The zero-order valence-corrected chi connectivity index (χ0v) is 11.1. The second kappa shape index (κ2) is 4.83. The van der Waals surface area contributed by atoms with Crippen LogP contribution in [0.3, 0.4) is 0 Å². The number of urea groups is 1. The number of carbonyl (C=O) groups excluding carboxylic acids is 2. The molecule has 1 fully saturated rings. The Kier molecular flexibility index (Phi) is 3.83. The van der Waals surface area contributed by atoms with Gasteiger partial charge in [-0.15, -0.1) is 0 Å². The van der Waals surface area contributed by atoms with Crippen LogP contribution in [0, 0.1) is 0 Å². The zero-order valence-electron chi connectivity index (χ0n) is 11.1. The summed E-state index contributed by atoms with van der Waals surface area (Å²) < 4.78 is 0. The molecule has 18 heavy (non-hydrogen) atoms. The van der Waals surface area contributed by atoms with Gasteiger partial charge in [0.15, 0.2) is 0 Å². The van der Waals surface area contributed by atoms with E-state index < -0.39 is 23.6 Å². The Morgan fingerprint density at radius 2 is 2.06 bits per heavy atom. The van der Waals surface area contributed by atoms with E-state index in [0.717, 1.165) is 4.90 Å². The summed E-state index contributed by atoms with van der Waals surface area (Å²) in [6.45, 7) is 3.45. The van der Waals surface area contributed by atoms with Crippen LogP contribution in [0.1, 0.15) is 20.3 Å². The summed E-state index contributed by atoms with van der Waals surface area (Å²) in [7, 11) is 3.06. The van der Waals surface area contributed by atoms with Gasteiger partial charge in [-0.25, -0.2) is 9.59 Å². The van der Waals surface area contributed by atoms with Gasteiger partial charge in [0.1, 0.15) is 11.6 Å². The Labute approximate surface area is 106 Å². The quantitative estimate of drug-likeness (QED) is 0.727. The molecule has 0 aromatic carbocycles. The van der Waals surface area contributed by atoms with E-state index >= 15 is 0 Å². The molecule has 1 rings (SSSR count). The van der Waals surface area contributed by atoms with Gasteiger partial charge < -0.3 is 20.2 Å². The molecule has 0 aliphatic carbocycles. The van der Waals surface area contributed by atoms with E-state index in [1.807, 2.05) is 0 Å². The predicted molar refractivity (Wildman–Crippen MR) is 64.1 cm³/mol. The smallest absolute Gasteiger partial charge is 0.329 e. The standard InChI is InChI=1S/C11H19N3O4/c1-11(2,9(16)17)14(4)10(18)12-7-5-6-13(3)8(7)15/h7H,5-6H2,1-4H3,(H,12,18)(H,16,17). The van der Waals surface area contributed by atoms with E-state index in [2.05, 4.69) is 5.32 Å². The highest BCUT2D eigenvalue weighted by atomic mass is 16.4. The lowest BCUT2D eigenvalue weighted by molar-refractivity contribution is -0.146. The van der Waals surface area contributed by atoms with Gasteiger partial charge in [0.2, 0.25) is 5.91 Å². The molecule has 1 aliphatic heterocycles. The van der Waals surface area contributed by atoms with Crippen molar-refractivity contribution in [1.29, 1.82) is 0 Å². The Hall–Kier alpha value is -1.79. The highest BCUT2D eigenvalue weighted by molar-refractivity contribution is 5.90. The lowest BCUT2D eigenvalue weighted by Crippen LogP contribution is -2.56. The molecule has 1 aliphatic rings. The molecule has 102 valence electrons. The van der Waals surface area contributed by atoms with Gasteiger partial charge in [-0.3, -0.25) is 4.79 Å². The van der Waals surface area contributed by atoms with Crippen molar-refractivity contribution in [3.63, 3.8) is 0 Å². The van der Waals surface area contributed by atoms with Crippen LogP contribution in [0.15, 0.2) is 0 Å². The van der Waals surface area contributed by atoms with Crippen molar-refractivity contribution in [1.82, 2.24) is 15.1 Å². The summed E-state index contributed by atoms with van der Waals surface area (Å²) in [5, 5.41) is 11.6. The van der Waals surface area contributed by atoms with E-state index in [1.165, 1.54) is 25.8 Å². The average molecular weight is 257 g/mol. The van der Waals surface area contributed by atoms with Crippen molar-refractivity contribution in [3.8, 4) is 0 Å². The Balaban J connectivity index is 2.67. The van der Waals surface area contributed by atoms with Crippen molar-refractivity contribution >= 4 is 17.9 Å². The summed E-state index contributed by atoms with van der Waals surface area (Å²) in [5.41, 5.74) is -1.32. The van der Waals surface area contributed by atoms with Crippen molar-refractivity contribution in [2.75, 3.05) is 20.6 Å². The number of carboxylic acids is 1. The molecule has 2 N–H and O–H groups in total. The number of rotatable bonds is 3. The summed E-state index contributed by atoms with van der Waals surface area (Å²) in [6, 6.07) is -1.12. The molecule has 1 heterocycles. The minimum Gasteiger partial charge on any atom is -0.480 e. The normalized spacial score (nSPS) is 19.9. The summed E-state index contributed by atoms with van der Waals surface area (Å²) in [6.07, 6.45) is 0.544.